The number of hydrogen-bond donors (Lipinski definition) is 1. The van der Waals surface area contributed by atoms with E-state index in [4.69, 9.17) is 4.74 Å². The maximum atomic E-state index is 11.9. The van der Waals surface area contributed by atoms with E-state index >= 15 is 0 Å². The van der Waals surface area contributed by atoms with Crippen molar-refractivity contribution in [3.63, 3.8) is 0 Å². The van der Waals surface area contributed by atoms with Crippen molar-refractivity contribution < 1.29 is 19.4 Å². The summed E-state index contributed by atoms with van der Waals surface area (Å²) >= 11 is 0. The summed E-state index contributed by atoms with van der Waals surface area (Å²) in [4.78, 5) is 24.8. The van der Waals surface area contributed by atoms with E-state index < -0.39 is 5.97 Å². The molecule has 0 aromatic heterocycles. The molecular weight excluding hydrogens is 294 g/mol. The van der Waals surface area contributed by atoms with Crippen LogP contribution >= 0.6 is 0 Å². The second kappa shape index (κ2) is 8.17. The fraction of sp³-hybridized carbons (Fsp3) is 0.333. The zero-order valence-corrected chi connectivity index (χ0v) is 13.2. The molecule has 5 heteroatoms. The molecule has 1 aromatic rings. The quantitative estimate of drug-likeness (QED) is 0.401. The van der Waals surface area contributed by atoms with E-state index in [0.29, 0.717) is 0 Å². The summed E-state index contributed by atoms with van der Waals surface area (Å²) in [5, 5.41) is 9.61. The highest BCUT2D eigenvalue weighted by atomic mass is 16.5. The van der Waals surface area contributed by atoms with E-state index in [2.05, 4.69) is 0 Å². The molecule has 2 rings (SSSR count). The Kier molecular flexibility index (Phi) is 5.97. The zero-order chi connectivity index (χ0) is 16.7. The Balaban J connectivity index is 1.95. The predicted molar refractivity (Wildman–Crippen MR) is 88.0 cm³/mol. The molecule has 1 fully saturated rings. The Bertz CT molecular complexity index is 628. The van der Waals surface area contributed by atoms with Crippen LogP contribution in [0.4, 0.5) is 0 Å². The highest BCUT2D eigenvalue weighted by Crippen LogP contribution is 2.27. The minimum atomic E-state index is -0.492. The third-order valence-electron chi connectivity index (χ3n) is 3.54. The first-order valence-corrected chi connectivity index (χ1v) is 7.71. The van der Waals surface area contributed by atoms with Crippen LogP contribution in [0.5, 0.6) is 11.5 Å². The van der Waals surface area contributed by atoms with Gasteiger partial charge in [-0.05, 0) is 37.0 Å². The Morgan fingerprint density at radius 2 is 1.91 bits per heavy atom. The maximum Gasteiger partial charge on any atom is 0.308 e. The molecule has 0 radical (unpaired) electrons. The first kappa shape index (κ1) is 16.8. The average Bonchev–Trinajstić information content (AvgIpc) is 2.54. The number of ether oxygens (including phenoxy) is 1. The number of phenolic OH excluding ortho intramolecular Hbond substituents is 1. The van der Waals surface area contributed by atoms with Crippen LogP contribution in [0.1, 0.15) is 31.7 Å². The number of likely N-dealkylation sites (tertiary alicyclic amines) is 1. The standard InChI is InChI=1S/C18H21NO4/c1-14(20)23-17-13-15(9-10-16(17)21)7-3-4-8-18(22)19-11-5-2-6-12-19/h3-4,7-10,13,21H,2,5-6,11-12H2,1H3/b7-3+,8-4+. The van der Waals surface area contributed by atoms with Gasteiger partial charge in [0.25, 0.3) is 0 Å². The molecule has 0 atom stereocenters. The summed E-state index contributed by atoms with van der Waals surface area (Å²) < 4.78 is 4.91. The SMILES string of the molecule is CC(=O)Oc1cc(/C=C/C=C/C(=O)N2CCCCC2)ccc1O. The number of esters is 1. The average molecular weight is 315 g/mol. The molecule has 1 heterocycles. The first-order chi connectivity index (χ1) is 11.1. The number of piperidine rings is 1. The van der Waals surface area contributed by atoms with E-state index in [9.17, 15) is 14.7 Å². The van der Waals surface area contributed by atoms with Gasteiger partial charge in [0.2, 0.25) is 5.91 Å². The first-order valence-electron chi connectivity index (χ1n) is 7.71. The monoisotopic (exact) mass is 315 g/mol. The number of hydrogen-bond acceptors (Lipinski definition) is 4. The highest BCUT2D eigenvalue weighted by Gasteiger charge is 2.13. The Morgan fingerprint density at radius 3 is 2.61 bits per heavy atom. The van der Waals surface area contributed by atoms with Gasteiger partial charge in [0.15, 0.2) is 11.5 Å². The normalized spacial score (nSPS) is 15.3. The Hall–Kier alpha value is -2.56. The van der Waals surface area contributed by atoms with Crippen molar-refractivity contribution in [2.75, 3.05) is 13.1 Å². The number of phenols is 1. The van der Waals surface area contributed by atoms with Gasteiger partial charge in [-0.2, -0.15) is 0 Å². The lowest BCUT2D eigenvalue weighted by Gasteiger charge is -2.25. The molecule has 0 saturated carbocycles. The number of aromatic hydroxyl groups is 1. The van der Waals surface area contributed by atoms with E-state index in [1.807, 2.05) is 4.90 Å². The van der Waals surface area contributed by atoms with Crippen LogP contribution in [0.3, 0.4) is 0 Å². The van der Waals surface area contributed by atoms with Crippen LogP contribution < -0.4 is 4.74 Å². The van der Waals surface area contributed by atoms with Gasteiger partial charge in [0.1, 0.15) is 0 Å². The number of benzene rings is 1. The summed E-state index contributed by atoms with van der Waals surface area (Å²) in [5.74, 6) is -0.435. The van der Waals surface area contributed by atoms with Crippen LogP contribution in [0.15, 0.2) is 36.4 Å². The lowest BCUT2D eigenvalue weighted by Crippen LogP contribution is -2.34. The summed E-state index contributed by atoms with van der Waals surface area (Å²) in [6.45, 7) is 2.93. The van der Waals surface area contributed by atoms with Gasteiger partial charge in [0.05, 0.1) is 0 Å². The van der Waals surface area contributed by atoms with Gasteiger partial charge < -0.3 is 14.7 Å². The molecule has 122 valence electrons. The number of allylic oxidation sites excluding steroid dienone is 2. The van der Waals surface area contributed by atoms with Crippen molar-refractivity contribution in [2.24, 2.45) is 0 Å². The largest absolute Gasteiger partial charge is 0.504 e. The smallest absolute Gasteiger partial charge is 0.308 e. The van der Waals surface area contributed by atoms with Crippen LogP contribution in [-0.2, 0) is 9.59 Å². The molecule has 1 aliphatic heterocycles. The number of carbonyl (C=O) groups is 2. The van der Waals surface area contributed by atoms with Gasteiger partial charge in [0, 0.05) is 26.1 Å². The number of amides is 1. The van der Waals surface area contributed by atoms with Crippen molar-refractivity contribution >= 4 is 18.0 Å². The molecule has 0 spiro atoms. The fourth-order valence-corrected chi connectivity index (χ4v) is 2.40. The fourth-order valence-electron chi connectivity index (χ4n) is 2.40. The van der Waals surface area contributed by atoms with Crippen LogP contribution in [-0.4, -0.2) is 35.0 Å². The molecule has 5 nitrogen and oxygen atoms in total. The van der Waals surface area contributed by atoms with Crippen molar-refractivity contribution in [1.82, 2.24) is 4.90 Å². The second-order valence-electron chi connectivity index (χ2n) is 5.42. The topological polar surface area (TPSA) is 66.8 Å². The molecule has 1 amide bonds. The molecule has 0 aliphatic carbocycles. The van der Waals surface area contributed by atoms with E-state index in [0.717, 1.165) is 31.5 Å². The molecule has 0 unspecified atom stereocenters. The van der Waals surface area contributed by atoms with Crippen molar-refractivity contribution in [3.8, 4) is 11.5 Å². The predicted octanol–water partition coefficient (Wildman–Crippen LogP) is 2.90. The third kappa shape index (κ3) is 5.29. The molecule has 1 saturated heterocycles. The minimum absolute atomic E-state index is 0.0284. The summed E-state index contributed by atoms with van der Waals surface area (Å²) in [6, 6.07) is 4.72. The lowest BCUT2D eigenvalue weighted by atomic mass is 10.1. The van der Waals surface area contributed by atoms with Crippen LogP contribution in [0.25, 0.3) is 6.08 Å². The number of rotatable bonds is 4. The van der Waals surface area contributed by atoms with E-state index in [1.165, 1.54) is 19.4 Å². The zero-order valence-electron chi connectivity index (χ0n) is 13.2. The van der Waals surface area contributed by atoms with Gasteiger partial charge >= 0.3 is 5.97 Å². The summed E-state index contributed by atoms with van der Waals surface area (Å²) in [7, 11) is 0. The molecule has 1 aromatic carbocycles. The Morgan fingerprint density at radius 1 is 1.17 bits per heavy atom. The summed E-state index contributed by atoms with van der Waals surface area (Å²) in [5.41, 5.74) is 0.758. The van der Waals surface area contributed by atoms with Gasteiger partial charge in [-0.25, -0.2) is 0 Å². The molecular formula is C18H21NO4. The van der Waals surface area contributed by atoms with Crippen LogP contribution in [0, 0.1) is 0 Å². The summed E-state index contributed by atoms with van der Waals surface area (Å²) in [6.07, 6.45) is 10.1. The Labute approximate surface area is 135 Å². The molecule has 1 N–H and O–H groups in total. The van der Waals surface area contributed by atoms with E-state index in [-0.39, 0.29) is 17.4 Å². The number of nitrogens with zero attached hydrogens (tertiary/aromatic N) is 1. The minimum Gasteiger partial charge on any atom is -0.504 e. The highest BCUT2D eigenvalue weighted by molar-refractivity contribution is 5.88. The maximum absolute atomic E-state index is 11.9. The van der Waals surface area contributed by atoms with Crippen LogP contribution in [0.2, 0.25) is 0 Å². The molecule has 23 heavy (non-hydrogen) atoms. The van der Waals surface area contributed by atoms with Crippen molar-refractivity contribution in [1.29, 1.82) is 0 Å². The number of carbonyl (C=O) groups excluding carboxylic acids is 2. The molecule has 1 aliphatic rings. The third-order valence-corrected chi connectivity index (χ3v) is 3.54. The van der Waals surface area contributed by atoms with Crippen molar-refractivity contribution in [3.05, 3.63) is 42.0 Å². The van der Waals surface area contributed by atoms with Crippen molar-refractivity contribution in [2.45, 2.75) is 26.2 Å². The van der Waals surface area contributed by atoms with E-state index in [1.54, 1.807) is 36.4 Å². The lowest BCUT2D eigenvalue weighted by molar-refractivity contribution is -0.132. The second-order valence-corrected chi connectivity index (χ2v) is 5.42. The van der Waals surface area contributed by atoms with Gasteiger partial charge in [-0.15, -0.1) is 0 Å². The molecule has 0 bridgehead atoms. The van der Waals surface area contributed by atoms with Gasteiger partial charge in [-0.3, -0.25) is 9.59 Å². The van der Waals surface area contributed by atoms with Gasteiger partial charge in [-0.1, -0.05) is 24.3 Å².